The predicted molar refractivity (Wildman–Crippen MR) is 82.3 cm³/mol. The molecule has 0 aliphatic carbocycles. The smallest absolute Gasteiger partial charge is 0.239 e. The van der Waals surface area contributed by atoms with E-state index in [0.29, 0.717) is 29.5 Å². The van der Waals surface area contributed by atoms with Crippen LogP contribution in [0.3, 0.4) is 0 Å². The Morgan fingerprint density at radius 3 is 2.76 bits per heavy atom. The van der Waals surface area contributed by atoms with Gasteiger partial charge in [-0.3, -0.25) is 4.79 Å². The molecule has 0 atom stereocenters. The van der Waals surface area contributed by atoms with Gasteiger partial charge in [0.2, 0.25) is 11.9 Å². The zero-order chi connectivity index (χ0) is 15.1. The van der Waals surface area contributed by atoms with Crippen molar-refractivity contribution in [2.45, 2.75) is 26.7 Å². The predicted octanol–water partition coefficient (Wildman–Crippen LogP) is 1.11. The topological polar surface area (TPSA) is 108 Å². The van der Waals surface area contributed by atoms with Gasteiger partial charge >= 0.3 is 0 Å². The normalized spacial score (nSPS) is 10.6. The molecule has 2 aromatic heterocycles. The van der Waals surface area contributed by atoms with Crippen molar-refractivity contribution < 1.29 is 4.79 Å². The lowest BCUT2D eigenvalue weighted by atomic mass is 10.4. The van der Waals surface area contributed by atoms with Crippen LogP contribution in [0.15, 0.2) is 6.33 Å². The number of nitrogens with one attached hydrogen (secondary N) is 4. The fraction of sp³-hybridized carbons (Fsp3) is 0.538. The summed E-state index contributed by atoms with van der Waals surface area (Å²) in [7, 11) is 0. The van der Waals surface area contributed by atoms with Crippen LogP contribution in [0.1, 0.15) is 26.7 Å². The summed E-state index contributed by atoms with van der Waals surface area (Å²) in [5.41, 5.74) is 1.26. The molecule has 0 radical (unpaired) electrons. The molecular weight excluding hydrogens is 270 g/mol. The summed E-state index contributed by atoms with van der Waals surface area (Å²) in [5, 5.41) is 8.95. The summed E-state index contributed by atoms with van der Waals surface area (Å²) in [6, 6.07) is 0. The molecule has 2 heterocycles. The Kier molecular flexibility index (Phi) is 5.30. The molecule has 1 amide bonds. The van der Waals surface area contributed by atoms with Gasteiger partial charge in [-0.25, -0.2) is 4.98 Å². The van der Waals surface area contributed by atoms with Crippen LogP contribution in [0.4, 0.5) is 11.8 Å². The van der Waals surface area contributed by atoms with Crippen LogP contribution in [0.5, 0.6) is 0 Å². The van der Waals surface area contributed by atoms with Gasteiger partial charge in [-0.15, -0.1) is 0 Å². The van der Waals surface area contributed by atoms with Crippen molar-refractivity contribution in [3.63, 3.8) is 0 Å². The third kappa shape index (κ3) is 4.04. The van der Waals surface area contributed by atoms with E-state index < -0.39 is 0 Å². The summed E-state index contributed by atoms with van der Waals surface area (Å²) in [6.45, 7) is 5.70. The van der Waals surface area contributed by atoms with Crippen LogP contribution in [-0.2, 0) is 4.79 Å². The maximum absolute atomic E-state index is 11.6. The average molecular weight is 291 g/mol. The van der Waals surface area contributed by atoms with Gasteiger partial charge in [0, 0.05) is 13.1 Å². The Balaban J connectivity index is 2.09. The molecule has 0 unspecified atom stereocenters. The first-order valence-electron chi connectivity index (χ1n) is 7.20. The Hall–Kier alpha value is -2.38. The van der Waals surface area contributed by atoms with Crippen LogP contribution < -0.4 is 16.0 Å². The fourth-order valence-electron chi connectivity index (χ4n) is 1.77. The highest BCUT2D eigenvalue weighted by molar-refractivity contribution is 5.87. The van der Waals surface area contributed by atoms with Crippen LogP contribution in [0.2, 0.25) is 0 Å². The lowest BCUT2D eigenvalue weighted by Crippen LogP contribution is -2.30. The van der Waals surface area contributed by atoms with Gasteiger partial charge in [0.1, 0.15) is 5.52 Å². The zero-order valence-corrected chi connectivity index (χ0v) is 12.4. The van der Waals surface area contributed by atoms with Crippen LogP contribution in [0.25, 0.3) is 11.2 Å². The van der Waals surface area contributed by atoms with Gasteiger partial charge in [0.15, 0.2) is 11.5 Å². The number of carbonyl (C=O) groups is 1. The molecule has 0 saturated carbocycles. The van der Waals surface area contributed by atoms with Gasteiger partial charge in [-0.1, -0.05) is 13.8 Å². The molecule has 0 aliphatic rings. The number of H-pyrrole nitrogens is 1. The molecule has 0 spiro atoms. The number of aromatic nitrogens is 4. The lowest BCUT2D eigenvalue weighted by molar-refractivity contribution is -0.119. The molecule has 0 aliphatic heterocycles. The number of aromatic amines is 1. The molecule has 4 N–H and O–H groups in total. The molecule has 0 saturated heterocycles. The molecule has 8 nitrogen and oxygen atoms in total. The Morgan fingerprint density at radius 2 is 2.00 bits per heavy atom. The van der Waals surface area contributed by atoms with E-state index in [-0.39, 0.29) is 12.5 Å². The quantitative estimate of drug-likeness (QED) is 0.580. The van der Waals surface area contributed by atoms with Crippen LogP contribution in [0, 0.1) is 0 Å². The van der Waals surface area contributed by atoms with Crippen molar-refractivity contribution in [2.75, 3.05) is 30.3 Å². The van der Waals surface area contributed by atoms with E-state index in [4.69, 9.17) is 0 Å². The Labute approximate surface area is 123 Å². The van der Waals surface area contributed by atoms with Crippen molar-refractivity contribution in [3.8, 4) is 0 Å². The molecule has 0 bridgehead atoms. The van der Waals surface area contributed by atoms with Crippen molar-refractivity contribution in [2.24, 2.45) is 0 Å². The van der Waals surface area contributed by atoms with Gasteiger partial charge < -0.3 is 20.9 Å². The van der Waals surface area contributed by atoms with Crippen molar-refractivity contribution in [1.82, 2.24) is 25.3 Å². The third-order valence-corrected chi connectivity index (χ3v) is 2.81. The first-order valence-corrected chi connectivity index (χ1v) is 7.20. The van der Waals surface area contributed by atoms with Gasteiger partial charge in [0.25, 0.3) is 0 Å². The molecule has 114 valence electrons. The molecular formula is C13H21N7O. The number of rotatable bonds is 8. The number of fused-ring (bicyclic) bond motifs is 1. The second-order valence-electron chi connectivity index (χ2n) is 4.63. The van der Waals surface area contributed by atoms with E-state index in [2.05, 4.69) is 42.8 Å². The Morgan fingerprint density at radius 1 is 1.19 bits per heavy atom. The van der Waals surface area contributed by atoms with E-state index in [0.717, 1.165) is 19.4 Å². The van der Waals surface area contributed by atoms with Gasteiger partial charge in [0.05, 0.1) is 12.9 Å². The van der Waals surface area contributed by atoms with Gasteiger partial charge in [-0.2, -0.15) is 9.97 Å². The number of hydrogen-bond donors (Lipinski definition) is 4. The van der Waals surface area contributed by atoms with Crippen LogP contribution >= 0.6 is 0 Å². The molecule has 21 heavy (non-hydrogen) atoms. The maximum Gasteiger partial charge on any atom is 0.239 e. The molecule has 2 aromatic rings. The van der Waals surface area contributed by atoms with Gasteiger partial charge in [-0.05, 0) is 12.8 Å². The van der Waals surface area contributed by atoms with Crippen molar-refractivity contribution >= 4 is 28.8 Å². The van der Waals surface area contributed by atoms with Crippen molar-refractivity contribution in [1.29, 1.82) is 0 Å². The molecule has 2 rings (SSSR count). The first kappa shape index (κ1) is 15.0. The minimum atomic E-state index is -0.0637. The zero-order valence-electron chi connectivity index (χ0n) is 12.4. The number of hydrogen-bond acceptors (Lipinski definition) is 6. The van der Waals surface area contributed by atoms with E-state index >= 15 is 0 Å². The maximum atomic E-state index is 11.6. The number of amides is 1. The molecule has 0 fully saturated rings. The summed E-state index contributed by atoms with van der Waals surface area (Å²) in [4.78, 5) is 27.4. The molecule has 8 heteroatoms. The fourth-order valence-corrected chi connectivity index (χ4v) is 1.77. The standard InChI is InChI=1S/C13H21N7O/c1-3-5-14-9(21)7-16-11-10-12(18-8-17-10)20-13(19-11)15-6-4-2/h8H,3-7H2,1-2H3,(H,14,21)(H3,15,16,17,18,19,20). The van der Waals surface area contributed by atoms with E-state index in [1.807, 2.05) is 6.92 Å². The monoisotopic (exact) mass is 291 g/mol. The summed E-state index contributed by atoms with van der Waals surface area (Å²) >= 11 is 0. The van der Waals surface area contributed by atoms with E-state index in [1.165, 1.54) is 0 Å². The third-order valence-electron chi connectivity index (χ3n) is 2.81. The van der Waals surface area contributed by atoms with E-state index in [1.54, 1.807) is 6.33 Å². The highest BCUT2D eigenvalue weighted by Gasteiger charge is 2.10. The largest absolute Gasteiger partial charge is 0.359 e. The second-order valence-corrected chi connectivity index (χ2v) is 4.63. The number of carbonyl (C=O) groups excluding carboxylic acids is 1. The summed E-state index contributed by atoms with van der Waals surface area (Å²) in [6.07, 6.45) is 3.45. The Bertz CT molecular complexity index is 595. The number of nitrogens with zero attached hydrogens (tertiary/aromatic N) is 3. The van der Waals surface area contributed by atoms with Crippen LogP contribution in [-0.4, -0.2) is 45.5 Å². The molecule has 0 aromatic carbocycles. The number of imidazole rings is 1. The highest BCUT2D eigenvalue weighted by atomic mass is 16.1. The summed E-state index contributed by atoms with van der Waals surface area (Å²) < 4.78 is 0. The minimum Gasteiger partial charge on any atom is -0.359 e. The second kappa shape index (κ2) is 7.41. The highest BCUT2D eigenvalue weighted by Crippen LogP contribution is 2.18. The minimum absolute atomic E-state index is 0.0637. The SMILES string of the molecule is CCCNC(=O)CNc1nc(NCCC)nc2nc[nH]c12. The summed E-state index contributed by atoms with van der Waals surface area (Å²) in [5.74, 6) is 1.02. The van der Waals surface area contributed by atoms with Crippen molar-refractivity contribution in [3.05, 3.63) is 6.33 Å². The first-order chi connectivity index (χ1) is 10.2. The lowest BCUT2D eigenvalue weighted by Gasteiger charge is -2.09. The average Bonchev–Trinajstić information content (AvgIpc) is 2.96. The number of anilines is 2. The van der Waals surface area contributed by atoms with E-state index in [9.17, 15) is 4.79 Å².